The second-order valence-electron chi connectivity index (χ2n) is 6.41. The number of thiophene rings is 1. The topological polar surface area (TPSA) is 50.8 Å². The molecule has 3 heterocycles. The minimum atomic E-state index is 0.0646. The Morgan fingerprint density at radius 2 is 2.20 bits per heavy atom. The number of fused-ring (bicyclic) bond motifs is 2. The van der Waals surface area contributed by atoms with Crippen LogP contribution < -0.4 is 14.8 Å². The number of benzene rings is 1. The van der Waals surface area contributed by atoms with Crippen molar-refractivity contribution in [3.05, 3.63) is 45.6 Å². The van der Waals surface area contributed by atoms with E-state index in [1.54, 1.807) is 0 Å². The lowest BCUT2D eigenvalue weighted by Gasteiger charge is -2.34. The van der Waals surface area contributed by atoms with Crippen LogP contribution in [0.5, 0.6) is 11.5 Å². The molecule has 132 valence electrons. The van der Waals surface area contributed by atoms with Crippen LogP contribution in [0.1, 0.15) is 35.4 Å². The largest absolute Gasteiger partial charge is 0.454 e. The van der Waals surface area contributed by atoms with Gasteiger partial charge in [0.05, 0.1) is 6.54 Å². The quantitative estimate of drug-likeness (QED) is 0.892. The lowest BCUT2D eigenvalue weighted by Crippen LogP contribution is -2.42. The Morgan fingerprint density at radius 1 is 1.32 bits per heavy atom. The van der Waals surface area contributed by atoms with E-state index in [9.17, 15) is 4.79 Å². The van der Waals surface area contributed by atoms with Gasteiger partial charge in [-0.25, -0.2) is 0 Å². The van der Waals surface area contributed by atoms with E-state index in [4.69, 9.17) is 9.47 Å². The molecule has 2 aromatic rings. The van der Waals surface area contributed by atoms with E-state index in [1.807, 2.05) is 29.5 Å². The number of nitrogens with zero attached hydrogens (tertiary/aromatic N) is 1. The molecule has 0 radical (unpaired) electrons. The normalized spacial score (nSPS) is 18.8. The van der Waals surface area contributed by atoms with Gasteiger partial charge >= 0.3 is 0 Å². The Bertz CT molecular complexity index is 774. The zero-order chi connectivity index (χ0) is 17.2. The molecule has 4 rings (SSSR count). The van der Waals surface area contributed by atoms with Crippen LogP contribution in [0.3, 0.4) is 0 Å². The number of hydrogen-bond acceptors (Lipinski definition) is 5. The summed E-state index contributed by atoms with van der Waals surface area (Å²) in [4.78, 5) is 16.2. The fraction of sp³-hybridized carbons (Fsp3) is 0.421. The van der Waals surface area contributed by atoms with Crippen molar-refractivity contribution in [2.45, 2.75) is 32.4 Å². The van der Waals surface area contributed by atoms with Crippen LogP contribution in [-0.4, -0.2) is 30.7 Å². The zero-order valence-corrected chi connectivity index (χ0v) is 15.1. The molecule has 25 heavy (non-hydrogen) atoms. The predicted octanol–water partition coefficient (Wildman–Crippen LogP) is 3.10. The van der Waals surface area contributed by atoms with Gasteiger partial charge in [-0.2, -0.15) is 0 Å². The minimum Gasteiger partial charge on any atom is -0.454 e. The first-order chi connectivity index (χ1) is 12.2. The van der Waals surface area contributed by atoms with E-state index in [0.29, 0.717) is 19.1 Å². The summed E-state index contributed by atoms with van der Waals surface area (Å²) in [6, 6.07) is 8.34. The molecular weight excluding hydrogens is 336 g/mol. The van der Waals surface area contributed by atoms with E-state index >= 15 is 0 Å². The van der Waals surface area contributed by atoms with Gasteiger partial charge in [0, 0.05) is 24.0 Å². The molecule has 6 heteroatoms. The summed E-state index contributed by atoms with van der Waals surface area (Å²) in [5.41, 5.74) is 2.42. The van der Waals surface area contributed by atoms with E-state index in [2.05, 4.69) is 28.6 Å². The summed E-state index contributed by atoms with van der Waals surface area (Å²) in [6.45, 7) is 4.35. The number of amides is 1. The average Bonchev–Trinajstić information content (AvgIpc) is 3.28. The number of hydrogen-bond donors (Lipinski definition) is 1. The van der Waals surface area contributed by atoms with Gasteiger partial charge in [-0.3, -0.25) is 9.69 Å². The summed E-state index contributed by atoms with van der Waals surface area (Å²) >= 11 is 1.83. The molecule has 1 N–H and O–H groups in total. The minimum absolute atomic E-state index is 0.0646. The Hall–Kier alpha value is -2.05. The molecule has 0 bridgehead atoms. The summed E-state index contributed by atoms with van der Waals surface area (Å²) in [6.07, 6.45) is 2.07. The van der Waals surface area contributed by atoms with Crippen LogP contribution in [0.4, 0.5) is 0 Å². The number of nitrogens with one attached hydrogen (secondary N) is 1. The summed E-state index contributed by atoms with van der Waals surface area (Å²) in [5.74, 6) is 1.58. The number of carbonyl (C=O) groups is 1. The SMILES string of the molecule is CCC1c2ccsc2CCN1CC(=O)NCc1ccc2c(c1)OCO2. The first-order valence-electron chi connectivity index (χ1n) is 8.70. The Kier molecular flexibility index (Phi) is 4.63. The van der Waals surface area contributed by atoms with Crippen molar-refractivity contribution in [3.8, 4) is 11.5 Å². The monoisotopic (exact) mass is 358 g/mol. The number of ether oxygens (including phenoxy) is 2. The van der Waals surface area contributed by atoms with Crippen molar-refractivity contribution in [1.29, 1.82) is 0 Å². The number of carbonyl (C=O) groups excluding carboxylic acids is 1. The third kappa shape index (κ3) is 3.37. The molecule has 0 aliphatic carbocycles. The van der Waals surface area contributed by atoms with Crippen LogP contribution in [0.15, 0.2) is 29.6 Å². The smallest absolute Gasteiger partial charge is 0.234 e. The highest BCUT2D eigenvalue weighted by Crippen LogP contribution is 2.35. The van der Waals surface area contributed by atoms with Crippen molar-refractivity contribution in [2.24, 2.45) is 0 Å². The fourth-order valence-electron chi connectivity index (χ4n) is 3.61. The Labute approximate surface area is 151 Å². The lowest BCUT2D eigenvalue weighted by atomic mass is 9.98. The van der Waals surface area contributed by atoms with Gasteiger partial charge in [-0.05, 0) is 47.5 Å². The molecule has 2 aliphatic rings. The Balaban J connectivity index is 1.34. The van der Waals surface area contributed by atoms with E-state index in [-0.39, 0.29) is 12.7 Å². The Morgan fingerprint density at radius 3 is 3.08 bits per heavy atom. The predicted molar refractivity (Wildman–Crippen MR) is 97.0 cm³/mol. The maximum atomic E-state index is 12.4. The zero-order valence-electron chi connectivity index (χ0n) is 14.3. The van der Waals surface area contributed by atoms with Gasteiger partial charge in [0.1, 0.15) is 0 Å². The summed E-state index contributed by atoms with van der Waals surface area (Å²) < 4.78 is 10.7. The molecule has 0 fully saturated rings. The molecule has 0 saturated carbocycles. The van der Waals surface area contributed by atoms with Crippen molar-refractivity contribution >= 4 is 17.2 Å². The second-order valence-corrected chi connectivity index (χ2v) is 7.41. The standard InChI is InChI=1S/C19H22N2O3S/c1-2-15-14-6-8-25-18(14)5-7-21(15)11-19(22)20-10-13-3-4-16-17(9-13)24-12-23-16/h3-4,6,8-9,15H,2,5,7,10-12H2,1H3,(H,20,22). The van der Waals surface area contributed by atoms with Crippen molar-refractivity contribution in [2.75, 3.05) is 19.9 Å². The van der Waals surface area contributed by atoms with Gasteiger partial charge < -0.3 is 14.8 Å². The maximum Gasteiger partial charge on any atom is 0.234 e. The van der Waals surface area contributed by atoms with Crippen LogP contribution in [-0.2, 0) is 17.8 Å². The second kappa shape index (κ2) is 7.06. The molecule has 1 unspecified atom stereocenters. The molecule has 1 atom stereocenters. The molecule has 1 aromatic carbocycles. The molecular formula is C19H22N2O3S. The van der Waals surface area contributed by atoms with Gasteiger partial charge in [-0.15, -0.1) is 11.3 Å². The van der Waals surface area contributed by atoms with Crippen molar-refractivity contribution < 1.29 is 14.3 Å². The van der Waals surface area contributed by atoms with Crippen molar-refractivity contribution in [1.82, 2.24) is 10.2 Å². The highest BCUT2D eigenvalue weighted by molar-refractivity contribution is 7.10. The van der Waals surface area contributed by atoms with E-state index in [1.165, 1.54) is 10.4 Å². The highest BCUT2D eigenvalue weighted by Gasteiger charge is 2.28. The maximum absolute atomic E-state index is 12.4. The summed E-state index contributed by atoms with van der Waals surface area (Å²) in [7, 11) is 0. The van der Waals surface area contributed by atoms with E-state index in [0.717, 1.165) is 36.4 Å². The van der Waals surface area contributed by atoms with Gasteiger partial charge in [-0.1, -0.05) is 13.0 Å². The fourth-order valence-corrected chi connectivity index (χ4v) is 4.54. The van der Waals surface area contributed by atoms with Gasteiger partial charge in [0.25, 0.3) is 0 Å². The lowest BCUT2D eigenvalue weighted by molar-refractivity contribution is -0.123. The average molecular weight is 358 g/mol. The molecule has 5 nitrogen and oxygen atoms in total. The number of rotatable bonds is 5. The third-order valence-corrected chi connectivity index (χ3v) is 5.86. The molecule has 2 aliphatic heterocycles. The first kappa shape index (κ1) is 16.4. The summed E-state index contributed by atoms with van der Waals surface area (Å²) in [5, 5.41) is 5.19. The molecule has 0 spiro atoms. The van der Waals surface area contributed by atoms with Crippen LogP contribution in [0, 0.1) is 0 Å². The third-order valence-electron chi connectivity index (χ3n) is 4.87. The van der Waals surface area contributed by atoms with E-state index < -0.39 is 0 Å². The highest BCUT2D eigenvalue weighted by atomic mass is 32.1. The van der Waals surface area contributed by atoms with Gasteiger partial charge in [0.2, 0.25) is 12.7 Å². The van der Waals surface area contributed by atoms with Crippen LogP contribution in [0.2, 0.25) is 0 Å². The molecule has 0 saturated heterocycles. The van der Waals surface area contributed by atoms with Gasteiger partial charge in [0.15, 0.2) is 11.5 Å². The van der Waals surface area contributed by atoms with Crippen LogP contribution in [0.25, 0.3) is 0 Å². The van der Waals surface area contributed by atoms with Crippen LogP contribution >= 0.6 is 11.3 Å². The first-order valence-corrected chi connectivity index (χ1v) is 9.58. The van der Waals surface area contributed by atoms with Crippen molar-refractivity contribution in [3.63, 3.8) is 0 Å². The molecule has 1 amide bonds. The molecule has 1 aromatic heterocycles.